The van der Waals surface area contributed by atoms with Crippen LogP contribution >= 0.6 is 0 Å². The fourth-order valence-electron chi connectivity index (χ4n) is 2.60. The summed E-state index contributed by atoms with van der Waals surface area (Å²) in [4.78, 5) is 27.4. The quantitative estimate of drug-likeness (QED) is 0.596. The molecule has 12 heteroatoms. The fourth-order valence-corrected chi connectivity index (χ4v) is 2.60. The van der Waals surface area contributed by atoms with Crippen molar-refractivity contribution in [3.63, 3.8) is 0 Å². The zero-order chi connectivity index (χ0) is 21.2. The third-order valence-corrected chi connectivity index (χ3v) is 3.69. The normalized spacial score (nSPS) is 11.3. The van der Waals surface area contributed by atoms with Gasteiger partial charge in [-0.25, -0.2) is 19.1 Å². The second kappa shape index (κ2) is 7.58. The molecule has 0 fully saturated rings. The highest BCUT2D eigenvalue weighted by molar-refractivity contribution is 5.86. The van der Waals surface area contributed by atoms with Crippen molar-refractivity contribution in [2.75, 3.05) is 5.32 Å². The highest BCUT2D eigenvalue weighted by atomic mass is 19.4. The number of ether oxygens (including phenoxy) is 1. The van der Waals surface area contributed by atoms with Gasteiger partial charge in [0.15, 0.2) is 0 Å². The van der Waals surface area contributed by atoms with Gasteiger partial charge in [-0.2, -0.15) is 0 Å². The number of nitrogens with two attached hydrogens (primary N) is 1. The molecule has 3 rings (SSSR count). The lowest BCUT2D eigenvalue weighted by Crippen LogP contribution is -2.24. The van der Waals surface area contributed by atoms with E-state index in [2.05, 4.69) is 15.0 Å². The lowest BCUT2D eigenvalue weighted by molar-refractivity contribution is -0.274. The molecule has 0 aliphatic carbocycles. The molecule has 0 spiro atoms. The van der Waals surface area contributed by atoms with Crippen molar-refractivity contribution in [1.29, 1.82) is 0 Å². The number of halogens is 3. The summed E-state index contributed by atoms with van der Waals surface area (Å²) in [5.74, 6) is -0.685. The Bertz CT molecular complexity index is 1090. The molecule has 3 aromatic rings. The van der Waals surface area contributed by atoms with Crippen LogP contribution < -0.4 is 21.5 Å². The van der Waals surface area contributed by atoms with Gasteiger partial charge in [-0.1, -0.05) is 0 Å². The van der Waals surface area contributed by atoms with Crippen molar-refractivity contribution in [3.05, 3.63) is 64.8 Å². The van der Waals surface area contributed by atoms with Gasteiger partial charge in [-0.15, -0.1) is 13.2 Å². The fraction of sp³-hybridized carbons (Fsp3) is 0.118. The zero-order valence-electron chi connectivity index (χ0n) is 14.6. The molecular formula is C17H14F3N5O4. The van der Waals surface area contributed by atoms with Crippen LogP contribution in [0.25, 0.3) is 5.69 Å². The van der Waals surface area contributed by atoms with Crippen LogP contribution in [0.4, 0.5) is 23.8 Å². The molecule has 9 nitrogen and oxygen atoms in total. The SMILES string of the molecule is NC(=O)Nc1cc(Cn2cc(O)n(-c3ccc(OC(F)(F)F)cc3)c2=O)ccn1. The maximum atomic E-state index is 12.6. The first-order valence-corrected chi connectivity index (χ1v) is 8.01. The Morgan fingerprint density at radius 2 is 1.93 bits per heavy atom. The molecule has 2 amide bonds. The van der Waals surface area contributed by atoms with Crippen molar-refractivity contribution < 1.29 is 27.8 Å². The van der Waals surface area contributed by atoms with E-state index in [1.807, 2.05) is 0 Å². The Kier molecular flexibility index (Phi) is 5.17. The highest BCUT2D eigenvalue weighted by Crippen LogP contribution is 2.24. The van der Waals surface area contributed by atoms with E-state index in [1.54, 1.807) is 6.07 Å². The molecule has 0 aliphatic heterocycles. The summed E-state index contributed by atoms with van der Waals surface area (Å²) < 4.78 is 42.6. The predicted molar refractivity (Wildman–Crippen MR) is 94.9 cm³/mol. The number of rotatable bonds is 5. The molecule has 2 heterocycles. The van der Waals surface area contributed by atoms with E-state index in [9.17, 15) is 27.9 Å². The first kappa shape index (κ1) is 19.8. The van der Waals surface area contributed by atoms with E-state index in [0.29, 0.717) is 5.56 Å². The average molecular weight is 409 g/mol. The molecule has 0 radical (unpaired) electrons. The number of anilines is 1. The number of nitrogens with one attached hydrogen (secondary N) is 1. The number of imidazole rings is 1. The van der Waals surface area contributed by atoms with Crippen molar-refractivity contribution in [2.24, 2.45) is 5.73 Å². The van der Waals surface area contributed by atoms with Crippen molar-refractivity contribution in [3.8, 4) is 17.3 Å². The minimum Gasteiger partial charge on any atom is -0.493 e. The van der Waals surface area contributed by atoms with Crippen LogP contribution in [0, 0.1) is 0 Å². The van der Waals surface area contributed by atoms with Gasteiger partial charge in [-0.3, -0.25) is 9.88 Å². The zero-order valence-corrected chi connectivity index (χ0v) is 14.6. The molecule has 0 atom stereocenters. The number of hydrogen-bond acceptors (Lipinski definition) is 5. The molecule has 1 aromatic carbocycles. The van der Waals surface area contributed by atoms with Crippen LogP contribution in [0.2, 0.25) is 0 Å². The Hall–Kier alpha value is -3.96. The van der Waals surface area contributed by atoms with E-state index in [1.165, 1.54) is 35.2 Å². The van der Waals surface area contributed by atoms with Gasteiger partial charge in [-0.05, 0) is 42.0 Å². The second-order valence-electron chi connectivity index (χ2n) is 5.81. The predicted octanol–water partition coefficient (Wildman–Crippen LogP) is 2.18. The standard InChI is InChI=1S/C17H14F3N5O4/c18-17(19,20)29-12-3-1-11(2-4-12)25-14(26)9-24(16(25)28)8-10-5-6-22-13(7-10)23-15(21)27/h1-7,9,26H,8H2,(H3,21,22,23,27). The van der Waals surface area contributed by atoms with Crippen LogP contribution in [0.1, 0.15) is 5.56 Å². The number of hydrogen-bond donors (Lipinski definition) is 3. The smallest absolute Gasteiger partial charge is 0.493 e. The average Bonchev–Trinajstić information content (AvgIpc) is 2.88. The number of aromatic hydroxyl groups is 1. The lowest BCUT2D eigenvalue weighted by Gasteiger charge is -2.09. The van der Waals surface area contributed by atoms with Gasteiger partial charge in [0.25, 0.3) is 0 Å². The number of primary amides is 1. The molecule has 0 unspecified atom stereocenters. The molecule has 0 bridgehead atoms. The molecule has 0 aliphatic rings. The Morgan fingerprint density at radius 3 is 2.55 bits per heavy atom. The Morgan fingerprint density at radius 1 is 1.24 bits per heavy atom. The number of alkyl halides is 3. The first-order chi connectivity index (χ1) is 13.6. The largest absolute Gasteiger partial charge is 0.573 e. The Balaban J connectivity index is 1.86. The summed E-state index contributed by atoms with van der Waals surface area (Å²) in [6, 6.07) is 6.74. The van der Waals surface area contributed by atoms with Crippen molar-refractivity contribution >= 4 is 11.8 Å². The molecule has 4 N–H and O–H groups in total. The third kappa shape index (κ3) is 4.86. The Labute approximate surface area is 160 Å². The van der Waals surface area contributed by atoms with Gasteiger partial charge in [0.05, 0.1) is 18.4 Å². The molecular weight excluding hydrogens is 395 g/mol. The maximum absolute atomic E-state index is 12.6. The summed E-state index contributed by atoms with van der Waals surface area (Å²) in [5.41, 5.74) is 5.12. The maximum Gasteiger partial charge on any atom is 0.573 e. The molecule has 0 saturated carbocycles. The van der Waals surface area contributed by atoms with Crippen molar-refractivity contribution in [1.82, 2.24) is 14.1 Å². The van der Waals surface area contributed by atoms with E-state index < -0.39 is 29.7 Å². The summed E-state index contributed by atoms with van der Waals surface area (Å²) in [5, 5.41) is 12.4. The minimum absolute atomic E-state index is 0.0324. The highest BCUT2D eigenvalue weighted by Gasteiger charge is 2.31. The van der Waals surface area contributed by atoms with E-state index in [-0.39, 0.29) is 18.1 Å². The van der Waals surface area contributed by atoms with E-state index in [0.717, 1.165) is 16.7 Å². The summed E-state index contributed by atoms with van der Waals surface area (Å²) in [7, 11) is 0. The number of urea groups is 1. The molecule has 0 saturated heterocycles. The van der Waals surface area contributed by atoms with Crippen molar-refractivity contribution in [2.45, 2.75) is 12.9 Å². The van der Waals surface area contributed by atoms with E-state index >= 15 is 0 Å². The van der Waals surface area contributed by atoms with Gasteiger partial charge in [0.2, 0.25) is 5.88 Å². The monoisotopic (exact) mass is 409 g/mol. The van der Waals surface area contributed by atoms with Crippen LogP contribution in [-0.4, -0.2) is 31.6 Å². The topological polar surface area (TPSA) is 124 Å². The van der Waals surface area contributed by atoms with Crippen LogP contribution in [0.15, 0.2) is 53.6 Å². The minimum atomic E-state index is -4.84. The molecule has 29 heavy (non-hydrogen) atoms. The van der Waals surface area contributed by atoms with Gasteiger partial charge in [0.1, 0.15) is 11.6 Å². The number of carbonyl (C=O) groups excluding carboxylic acids is 1. The number of carbonyl (C=O) groups is 1. The van der Waals surface area contributed by atoms with Crippen LogP contribution in [0.3, 0.4) is 0 Å². The van der Waals surface area contributed by atoms with Gasteiger partial charge >= 0.3 is 18.1 Å². The lowest BCUT2D eigenvalue weighted by atomic mass is 10.2. The van der Waals surface area contributed by atoms with Crippen LogP contribution in [-0.2, 0) is 6.54 Å². The molecule has 152 valence electrons. The van der Waals surface area contributed by atoms with Gasteiger partial charge in [0, 0.05) is 6.20 Å². The van der Waals surface area contributed by atoms with Gasteiger partial charge < -0.3 is 15.6 Å². The number of amides is 2. The molecule has 2 aromatic heterocycles. The van der Waals surface area contributed by atoms with Crippen LogP contribution in [0.5, 0.6) is 11.6 Å². The number of aromatic nitrogens is 3. The summed E-state index contributed by atoms with van der Waals surface area (Å²) >= 11 is 0. The van der Waals surface area contributed by atoms with E-state index in [4.69, 9.17) is 5.73 Å². The second-order valence-corrected chi connectivity index (χ2v) is 5.81. The summed E-state index contributed by atoms with van der Waals surface area (Å²) in [6.07, 6.45) is -2.26. The number of nitrogens with zero attached hydrogens (tertiary/aromatic N) is 3. The first-order valence-electron chi connectivity index (χ1n) is 8.01. The summed E-state index contributed by atoms with van der Waals surface area (Å²) in [6.45, 7) is 0.0324. The number of pyridine rings is 1. The number of benzene rings is 1. The third-order valence-electron chi connectivity index (χ3n) is 3.69.